The lowest BCUT2D eigenvalue weighted by molar-refractivity contribution is -0.149. The summed E-state index contributed by atoms with van der Waals surface area (Å²) in [5, 5.41) is 8.89. The summed E-state index contributed by atoms with van der Waals surface area (Å²) in [6, 6.07) is 0. The molecule has 1 aliphatic carbocycles. The zero-order chi connectivity index (χ0) is 12.9. The molecular weight excluding hydrogens is 220 g/mol. The number of carbonyl (C=O) groups excluding carboxylic acids is 2. The van der Waals surface area contributed by atoms with Crippen LogP contribution in [0.15, 0.2) is 0 Å². The normalized spacial score (nSPS) is 29.1. The van der Waals surface area contributed by atoms with Crippen LogP contribution in [-0.4, -0.2) is 30.6 Å². The molecule has 0 aliphatic heterocycles. The number of esters is 1. The van der Waals surface area contributed by atoms with Gasteiger partial charge < -0.3 is 9.84 Å². The lowest BCUT2D eigenvalue weighted by Gasteiger charge is -2.37. The number of aliphatic hydroxyl groups excluding tert-OH is 1. The molecule has 1 N–H and O–H groups in total. The van der Waals surface area contributed by atoms with Crippen LogP contribution in [0.3, 0.4) is 0 Å². The fourth-order valence-electron chi connectivity index (χ4n) is 2.66. The Labute approximate surface area is 102 Å². The van der Waals surface area contributed by atoms with Gasteiger partial charge >= 0.3 is 5.97 Å². The van der Waals surface area contributed by atoms with E-state index in [1.54, 1.807) is 0 Å². The molecule has 1 rings (SSSR count). The predicted molar refractivity (Wildman–Crippen MR) is 63.4 cm³/mol. The third kappa shape index (κ3) is 3.28. The lowest BCUT2D eigenvalue weighted by atomic mass is 9.65. The molecule has 0 radical (unpaired) electrons. The Hall–Kier alpha value is -0.900. The molecular formula is C13H22O4. The molecule has 4 nitrogen and oxygen atoms in total. The minimum absolute atomic E-state index is 0.133. The summed E-state index contributed by atoms with van der Waals surface area (Å²) in [5.74, 6) is 0.140. The predicted octanol–water partition coefficient (Wildman–Crippen LogP) is 1.70. The van der Waals surface area contributed by atoms with E-state index in [0.717, 1.165) is 12.8 Å². The van der Waals surface area contributed by atoms with E-state index in [1.807, 2.05) is 6.92 Å². The van der Waals surface area contributed by atoms with Crippen molar-refractivity contribution in [3.05, 3.63) is 0 Å². The standard InChI is InChI=1S/C13H22O4/c1-3-13(9-12(16)17-2)6-4-10(5-7-14)8-11(13)15/h10,14H,3-9H2,1-2H3. The van der Waals surface area contributed by atoms with E-state index in [4.69, 9.17) is 5.11 Å². The van der Waals surface area contributed by atoms with E-state index in [0.29, 0.717) is 19.3 Å². The molecule has 4 heteroatoms. The van der Waals surface area contributed by atoms with E-state index < -0.39 is 5.41 Å². The number of hydrogen-bond acceptors (Lipinski definition) is 4. The van der Waals surface area contributed by atoms with Crippen molar-refractivity contribution in [1.82, 2.24) is 0 Å². The van der Waals surface area contributed by atoms with Gasteiger partial charge in [-0.2, -0.15) is 0 Å². The highest BCUT2D eigenvalue weighted by Gasteiger charge is 2.42. The number of rotatable bonds is 5. The third-order valence-corrected chi connectivity index (χ3v) is 4.02. The van der Waals surface area contributed by atoms with Gasteiger partial charge in [0.05, 0.1) is 13.5 Å². The summed E-state index contributed by atoms with van der Waals surface area (Å²) in [7, 11) is 1.35. The third-order valence-electron chi connectivity index (χ3n) is 4.02. The molecule has 0 saturated heterocycles. The number of methoxy groups -OCH3 is 1. The van der Waals surface area contributed by atoms with Gasteiger partial charge in [0, 0.05) is 18.4 Å². The molecule has 1 fully saturated rings. The Morgan fingerprint density at radius 2 is 2.29 bits per heavy atom. The largest absolute Gasteiger partial charge is 0.469 e. The molecule has 0 bridgehead atoms. The smallest absolute Gasteiger partial charge is 0.306 e. The summed E-state index contributed by atoms with van der Waals surface area (Å²) in [4.78, 5) is 23.6. The number of ether oxygens (including phenoxy) is 1. The molecule has 0 amide bonds. The first kappa shape index (κ1) is 14.2. The molecule has 1 saturated carbocycles. The average molecular weight is 242 g/mol. The van der Waals surface area contributed by atoms with E-state index in [1.165, 1.54) is 7.11 Å². The zero-order valence-corrected chi connectivity index (χ0v) is 10.7. The summed E-state index contributed by atoms with van der Waals surface area (Å²) < 4.78 is 4.67. The van der Waals surface area contributed by atoms with Gasteiger partial charge in [0.2, 0.25) is 0 Å². The maximum atomic E-state index is 12.2. The van der Waals surface area contributed by atoms with E-state index in [9.17, 15) is 9.59 Å². The Balaban J connectivity index is 2.68. The Bertz CT molecular complexity index is 287. The van der Waals surface area contributed by atoms with Crippen LogP contribution < -0.4 is 0 Å². The monoisotopic (exact) mass is 242 g/mol. The molecule has 1 aliphatic rings. The SMILES string of the molecule is CCC1(CC(=O)OC)CCC(CCO)CC1=O. The van der Waals surface area contributed by atoms with Gasteiger partial charge in [0.1, 0.15) is 5.78 Å². The second kappa shape index (κ2) is 6.15. The van der Waals surface area contributed by atoms with Crippen LogP contribution in [0.25, 0.3) is 0 Å². The highest BCUT2D eigenvalue weighted by Crippen LogP contribution is 2.42. The van der Waals surface area contributed by atoms with Gasteiger partial charge in [0.25, 0.3) is 0 Å². The molecule has 0 spiro atoms. The van der Waals surface area contributed by atoms with Crippen LogP contribution in [-0.2, 0) is 14.3 Å². The maximum Gasteiger partial charge on any atom is 0.306 e. The number of hydrogen-bond donors (Lipinski definition) is 1. The van der Waals surface area contributed by atoms with Gasteiger partial charge in [-0.3, -0.25) is 9.59 Å². The first-order chi connectivity index (χ1) is 8.07. The van der Waals surface area contributed by atoms with Gasteiger partial charge in [0.15, 0.2) is 0 Å². The molecule has 0 aromatic rings. The molecule has 98 valence electrons. The Morgan fingerprint density at radius 1 is 1.59 bits per heavy atom. The highest BCUT2D eigenvalue weighted by molar-refractivity contribution is 5.89. The van der Waals surface area contributed by atoms with Crippen LogP contribution >= 0.6 is 0 Å². The molecule has 2 atom stereocenters. The van der Waals surface area contributed by atoms with E-state index >= 15 is 0 Å². The molecule has 2 unspecified atom stereocenters. The van der Waals surface area contributed by atoms with Crippen molar-refractivity contribution in [2.45, 2.75) is 45.4 Å². The Kier molecular flexibility index (Phi) is 5.12. The summed E-state index contributed by atoms with van der Waals surface area (Å²) in [6.07, 6.45) is 3.71. The fourth-order valence-corrected chi connectivity index (χ4v) is 2.66. The number of aliphatic hydroxyl groups is 1. The first-order valence-corrected chi connectivity index (χ1v) is 6.29. The van der Waals surface area contributed by atoms with Gasteiger partial charge in [-0.15, -0.1) is 0 Å². The average Bonchev–Trinajstić information content (AvgIpc) is 2.33. The van der Waals surface area contributed by atoms with E-state index in [2.05, 4.69) is 4.74 Å². The van der Waals surface area contributed by atoms with Crippen molar-refractivity contribution in [1.29, 1.82) is 0 Å². The minimum Gasteiger partial charge on any atom is -0.469 e. The van der Waals surface area contributed by atoms with Crippen molar-refractivity contribution in [2.24, 2.45) is 11.3 Å². The first-order valence-electron chi connectivity index (χ1n) is 6.29. The van der Waals surface area contributed by atoms with Crippen LogP contribution in [0.2, 0.25) is 0 Å². The van der Waals surface area contributed by atoms with Crippen LogP contribution in [0.4, 0.5) is 0 Å². The summed E-state index contributed by atoms with van der Waals surface area (Å²) >= 11 is 0. The molecule has 0 aromatic carbocycles. The highest BCUT2D eigenvalue weighted by atomic mass is 16.5. The van der Waals surface area contributed by atoms with Crippen molar-refractivity contribution in [2.75, 3.05) is 13.7 Å². The number of Topliss-reactive ketones (excluding diaryl/α,β-unsaturated/α-hetero) is 1. The van der Waals surface area contributed by atoms with Gasteiger partial charge in [-0.1, -0.05) is 6.92 Å². The Morgan fingerprint density at radius 3 is 2.76 bits per heavy atom. The van der Waals surface area contributed by atoms with Crippen LogP contribution in [0.1, 0.15) is 45.4 Å². The van der Waals surface area contributed by atoms with Crippen LogP contribution in [0, 0.1) is 11.3 Å². The van der Waals surface area contributed by atoms with Gasteiger partial charge in [-0.25, -0.2) is 0 Å². The number of ketones is 1. The zero-order valence-electron chi connectivity index (χ0n) is 10.7. The lowest BCUT2D eigenvalue weighted by Crippen LogP contribution is -2.39. The van der Waals surface area contributed by atoms with Crippen LogP contribution in [0.5, 0.6) is 0 Å². The van der Waals surface area contributed by atoms with Crippen molar-refractivity contribution < 1.29 is 19.4 Å². The van der Waals surface area contributed by atoms with Crippen molar-refractivity contribution in [3.63, 3.8) is 0 Å². The summed E-state index contributed by atoms with van der Waals surface area (Å²) in [6.45, 7) is 2.08. The number of carbonyl (C=O) groups is 2. The second-order valence-corrected chi connectivity index (χ2v) is 4.93. The molecule has 0 heterocycles. The van der Waals surface area contributed by atoms with E-state index in [-0.39, 0.29) is 30.7 Å². The molecule has 17 heavy (non-hydrogen) atoms. The molecule has 0 aromatic heterocycles. The second-order valence-electron chi connectivity index (χ2n) is 4.93. The fraction of sp³-hybridized carbons (Fsp3) is 0.846. The summed E-state index contributed by atoms with van der Waals surface area (Å²) in [5.41, 5.74) is -0.515. The maximum absolute atomic E-state index is 12.2. The topological polar surface area (TPSA) is 63.6 Å². The minimum atomic E-state index is -0.515. The van der Waals surface area contributed by atoms with Gasteiger partial charge in [-0.05, 0) is 31.6 Å². The quantitative estimate of drug-likeness (QED) is 0.745. The van der Waals surface area contributed by atoms with Crippen molar-refractivity contribution >= 4 is 11.8 Å². The van der Waals surface area contributed by atoms with Crippen molar-refractivity contribution in [3.8, 4) is 0 Å².